The van der Waals surface area contributed by atoms with E-state index in [0.29, 0.717) is 31.9 Å². The first-order valence-corrected chi connectivity index (χ1v) is 10.5. The molecular formula is C21H24ClN5O2. The molecule has 3 heterocycles. The summed E-state index contributed by atoms with van der Waals surface area (Å²) in [6.07, 6.45) is 2.88. The van der Waals surface area contributed by atoms with Crippen molar-refractivity contribution >= 4 is 34.4 Å². The molecule has 29 heavy (non-hydrogen) atoms. The quantitative estimate of drug-likeness (QED) is 0.575. The average Bonchev–Trinajstić information content (AvgIpc) is 3.21. The van der Waals surface area contributed by atoms with Crippen molar-refractivity contribution in [2.75, 3.05) is 37.0 Å². The molecule has 2 aromatic heterocycles. The van der Waals surface area contributed by atoms with Crippen molar-refractivity contribution in [3.63, 3.8) is 0 Å². The SMILES string of the molecule is CCCCc1nc(N2CCN(C(=O)CCl)CC2)c2c(-c3ccccc3)noc2n1. The van der Waals surface area contributed by atoms with Crippen LogP contribution in [0.15, 0.2) is 34.9 Å². The third-order valence-corrected chi connectivity index (χ3v) is 5.44. The van der Waals surface area contributed by atoms with Crippen LogP contribution in [0.2, 0.25) is 0 Å². The van der Waals surface area contributed by atoms with Crippen molar-refractivity contribution in [3.05, 3.63) is 36.2 Å². The fourth-order valence-electron chi connectivity index (χ4n) is 3.60. The number of amides is 1. The van der Waals surface area contributed by atoms with Crippen molar-refractivity contribution in [1.82, 2.24) is 20.0 Å². The number of rotatable bonds is 6. The highest BCUT2D eigenvalue weighted by Gasteiger charge is 2.26. The Morgan fingerprint density at radius 3 is 2.59 bits per heavy atom. The zero-order valence-corrected chi connectivity index (χ0v) is 17.2. The monoisotopic (exact) mass is 413 g/mol. The number of hydrogen-bond donors (Lipinski definition) is 0. The molecule has 1 fully saturated rings. The molecule has 1 aliphatic heterocycles. The lowest BCUT2D eigenvalue weighted by Crippen LogP contribution is -2.49. The third-order valence-electron chi connectivity index (χ3n) is 5.21. The average molecular weight is 414 g/mol. The van der Waals surface area contributed by atoms with Crippen molar-refractivity contribution in [2.45, 2.75) is 26.2 Å². The molecule has 8 heteroatoms. The molecule has 7 nitrogen and oxygen atoms in total. The molecule has 1 aromatic carbocycles. The Labute approximate surface area is 174 Å². The van der Waals surface area contributed by atoms with Gasteiger partial charge in [-0.3, -0.25) is 4.79 Å². The van der Waals surface area contributed by atoms with Crippen molar-refractivity contribution in [3.8, 4) is 11.3 Å². The number of benzene rings is 1. The Balaban J connectivity index is 1.74. The lowest BCUT2D eigenvalue weighted by Gasteiger charge is -2.35. The van der Waals surface area contributed by atoms with Gasteiger partial charge in [0.1, 0.15) is 28.6 Å². The molecule has 0 N–H and O–H groups in total. The predicted molar refractivity (Wildman–Crippen MR) is 113 cm³/mol. The van der Waals surface area contributed by atoms with E-state index in [1.54, 1.807) is 4.90 Å². The summed E-state index contributed by atoms with van der Waals surface area (Å²) in [7, 11) is 0. The Morgan fingerprint density at radius 1 is 1.14 bits per heavy atom. The van der Waals surface area contributed by atoms with Gasteiger partial charge in [0.15, 0.2) is 0 Å². The van der Waals surface area contributed by atoms with Crippen LogP contribution in [0.3, 0.4) is 0 Å². The smallest absolute Gasteiger partial charge is 0.263 e. The summed E-state index contributed by atoms with van der Waals surface area (Å²) < 4.78 is 5.62. The second-order valence-corrected chi connectivity index (χ2v) is 7.41. The van der Waals surface area contributed by atoms with Gasteiger partial charge in [-0.15, -0.1) is 11.6 Å². The van der Waals surface area contributed by atoms with Gasteiger partial charge in [-0.05, 0) is 6.42 Å². The van der Waals surface area contributed by atoms with Gasteiger partial charge >= 0.3 is 0 Å². The molecule has 3 aromatic rings. The van der Waals surface area contributed by atoms with Crippen LogP contribution in [-0.2, 0) is 11.2 Å². The van der Waals surface area contributed by atoms with Crippen LogP contribution in [0.5, 0.6) is 0 Å². The van der Waals surface area contributed by atoms with Crippen LogP contribution in [0.25, 0.3) is 22.4 Å². The maximum atomic E-state index is 11.9. The Kier molecular flexibility index (Phi) is 5.94. The topological polar surface area (TPSA) is 75.4 Å². The highest BCUT2D eigenvalue weighted by Crippen LogP contribution is 2.34. The summed E-state index contributed by atoms with van der Waals surface area (Å²) in [6, 6.07) is 9.93. The van der Waals surface area contributed by atoms with E-state index >= 15 is 0 Å². The second-order valence-electron chi connectivity index (χ2n) is 7.15. The molecule has 0 spiro atoms. The standard InChI is InChI=1S/C21H24ClN5O2/c1-2-3-9-16-23-20(27-12-10-26(11-13-27)17(28)14-22)18-19(25-29-21(18)24-16)15-7-5-4-6-8-15/h4-8H,2-3,9-14H2,1H3. The number of aromatic nitrogens is 3. The first-order valence-electron chi connectivity index (χ1n) is 10.0. The summed E-state index contributed by atoms with van der Waals surface area (Å²) in [4.78, 5) is 25.4. The summed E-state index contributed by atoms with van der Waals surface area (Å²) in [5.74, 6) is 1.59. The van der Waals surface area contributed by atoms with Gasteiger partial charge in [-0.25, -0.2) is 4.98 Å². The zero-order valence-electron chi connectivity index (χ0n) is 16.5. The summed E-state index contributed by atoms with van der Waals surface area (Å²) in [5.41, 5.74) is 2.23. The summed E-state index contributed by atoms with van der Waals surface area (Å²) in [6.45, 7) is 4.75. The first kappa shape index (κ1) is 19.6. The predicted octanol–water partition coefficient (Wildman–Crippen LogP) is 3.51. The van der Waals surface area contributed by atoms with Crippen LogP contribution < -0.4 is 4.90 Å². The molecular weight excluding hydrogens is 390 g/mol. The maximum absolute atomic E-state index is 11.9. The lowest BCUT2D eigenvalue weighted by molar-refractivity contribution is -0.128. The van der Waals surface area contributed by atoms with E-state index in [-0.39, 0.29) is 11.8 Å². The number of fused-ring (bicyclic) bond motifs is 1. The first-order chi connectivity index (χ1) is 14.2. The molecule has 1 aliphatic rings. The minimum Gasteiger partial charge on any atom is -0.352 e. The number of anilines is 1. The van der Waals surface area contributed by atoms with E-state index in [4.69, 9.17) is 21.1 Å². The normalized spacial score (nSPS) is 14.6. The largest absolute Gasteiger partial charge is 0.352 e. The number of halogens is 1. The fourth-order valence-corrected chi connectivity index (χ4v) is 3.77. The molecule has 4 rings (SSSR count). The number of carbonyl (C=O) groups is 1. The number of alkyl halides is 1. The van der Waals surface area contributed by atoms with Crippen LogP contribution in [-0.4, -0.2) is 58.0 Å². The van der Waals surface area contributed by atoms with Crippen molar-refractivity contribution < 1.29 is 9.32 Å². The molecule has 0 atom stereocenters. The van der Waals surface area contributed by atoms with Crippen LogP contribution >= 0.6 is 11.6 Å². The molecule has 152 valence electrons. The van der Waals surface area contributed by atoms with E-state index in [9.17, 15) is 4.79 Å². The van der Waals surface area contributed by atoms with Gasteiger partial charge in [0, 0.05) is 38.2 Å². The van der Waals surface area contributed by atoms with Crippen LogP contribution in [0.4, 0.5) is 5.82 Å². The van der Waals surface area contributed by atoms with Gasteiger partial charge in [-0.1, -0.05) is 48.8 Å². The molecule has 1 amide bonds. The minimum atomic E-state index is -0.0299. The molecule has 1 saturated heterocycles. The number of hydrogen-bond acceptors (Lipinski definition) is 6. The third kappa shape index (κ3) is 4.05. The number of carbonyl (C=O) groups excluding carboxylic acids is 1. The van der Waals surface area contributed by atoms with Crippen LogP contribution in [0.1, 0.15) is 25.6 Å². The van der Waals surface area contributed by atoms with E-state index in [1.165, 1.54) is 0 Å². The molecule has 0 bridgehead atoms. The van der Waals surface area contributed by atoms with Gasteiger partial charge < -0.3 is 14.3 Å². The number of piperazine rings is 1. The number of nitrogens with zero attached hydrogens (tertiary/aromatic N) is 5. The van der Waals surface area contributed by atoms with Gasteiger partial charge in [-0.2, -0.15) is 4.98 Å². The molecule has 0 aliphatic carbocycles. The Morgan fingerprint density at radius 2 is 1.90 bits per heavy atom. The highest BCUT2D eigenvalue weighted by molar-refractivity contribution is 6.27. The van der Waals surface area contributed by atoms with Gasteiger partial charge in [0.05, 0.1) is 0 Å². The zero-order chi connectivity index (χ0) is 20.2. The fraction of sp³-hybridized carbons (Fsp3) is 0.429. The second kappa shape index (κ2) is 8.78. The number of aryl methyl sites for hydroxylation is 1. The Hall–Kier alpha value is -2.67. The van der Waals surface area contributed by atoms with E-state index < -0.39 is 0 Å². The van der Waals surface area contributed by atoms with Crippen molar-refractivity contribution in [1.29, 1.82) is 0 Å². The van der Waals surface area contributed by atoms with Gasteiger partial charge in [0.2, 0.25) is 5.91 Å². The van der Waals surface area contributed by atoms with Crippen molar-refractivity contribution in [2.24, 2.45) is 0 Å². The number of unbranched alkanes of at least 4 members (excludes halogenated alkanes) is 1. The molecule has 0 unspecified atom stereocenters. The highest BCUT2D eigenvalue weighted by atomic mass is 35.5. The lowest BCUT2D eigenvalue weighted by atomic mass is 10.1. The Bertz CT molecular complexity index is 983. The minimum absolute atomic E-state index is 0.0166. The maximum Gasteiger partial charge on any atom is 0.263 e. The van der Waals surface area contributed by atoms with E-state index in [1.807, 2.05) is 30.3 Å². The summed E-state index contributed by atoms with van der Waals surface area (Å²) >= 11 is 5.71. The van der Waals surface area contributed by atoms with E-state index in [2.05, 4.69) is 22.0 Å². The molecule has 0 radical (unpaired) electrons. The molecule has 0 saturated carbocycles. The summed E-state index contributed by atoms with van der Waals surface area (Å²) in [5, 5.41) is 5.14. The van der Waals surface area contributed by atoms with E-state index in [0.717, 1.165) is 47.5 Å². The van der Waals surface area contributed by atoms with Crippen LogP contribution in [0, 0.1) is 0 Å². The van der Waals surface area contributed by atoms with Gasteiger partial charge in [0.25, 0.3) is 5.71 Å².